The fourth-order valence-corrected chi connectivity index (χ4v) is 3.77. The van der Waals surface area contributed by atoms with E-state index in [2.05, 4.69) is 36.4 Å². The van der Waals surface area contributed by atoms with Crippen LogP contribution in [-0.2, 0) is 6.54 Å². The van der Waals surface area contributed by atoms with Crippen molar-refractivity contribution in [2.45, 2.75) is 13.5 Å². The van der Waals surface area contributed by atoms with Crippen LogP contribution < -0.4 is 4.90 Å². The smallest absolute Gasteiger partial charge is 0.270 e. The van der Waals surface area contributed by atoms with E-state index in [1.807, 2.05) is 59.0 Å². The molecular weight excluding hydrogens is 410 g/mol. The molecule has 0 spiro atoms. The zero-order chi connectivity index (χ0) is 18.8. The van der Waals surface area contributed by atoms with Gasteiger partial charge in [-0.05, 0) is 51.5 Å². The Labute approximate surface area is 165 Å². The molecule has 2 aromatic heterocycles. The van der Waals surface area contributed by atoms with Crippen molar-refractivity contribution in [3.8, 4) is 5.69 Å². The Morgan fingerprint density at radius 2 is 1.89 bits per heavy atom. The van der Waals surface area contributed by atoms with Crippen LogP contribution in [0, 0.1) is 0 Å². The molecule has 8 nitrogen and oxygen atoms in total. The maximum absolute atomic E-state index is 12.9. The van der Waals surface area contributed by atoms with Crippen LogP contribution in [0.3, 0.4) is 0 Å². The SMILES string of the molecule is CCn1cc(Br)cc1C(=O)N1CCN(c2nnnn2-c2ccccc2)CC1. The van der Waals surface area contributed by atoms with Crippen LogP contribution in [0.4, 0.5) is 5.95 Å². The molecule has 0 saturated carbocycles. The summed E-state index contributed by atoms with van der Waals surface area (Å²) in [6.07, 6.45) is 1.94. The molecule has 1 aromatic carbocycles. The molecule has 1 amide bonds. The second-order valence-corrected chi connectivity index (χ2v) is 7.25. The highest BCUT2D eigenvalue weighted by molar-refractivity contribution is 9.10. The molecule has 4 rings (SSSR count). The number of para-hydroxylation sites is 1. The van der Waals surface area contributed by atoms with E-state index in [4.69, 9.17) is 0 Å². The van der Waals surface area contributed by atoms with Crippen LogP contribution in [0.1, 0.15) is 17.4 Å². The van der Waals surface area contributed by atoms with Crippen molar-refractivity contribution in [3.63, 3.8) is 0 Å². The van der Waals surface area contributed by atoms with Crippen molar-refractivity contribution in [3.05, 3.63) is 52.8 Å². The first-order valence-corrected chi connectivity index (χ1v) is 9.70. The van der Waals surface area contributed by atoms with Crippen molar-refractivity contribution in [1.29, 1.82) is 0 Å². The minimum atomic E-state index is 0.0600. The third-order valence-corrected chi connectivity index (χ3v) is 5.16. The molecule has 1 aliphatic rings. The summed E-state index contributed by atoms with van der Waals surface area (Å²) in [6.45, 7) is 5.43. The lowest BCUT2D eigenvalue weighted by Gasteiger charge is -2.34. The first-order valence-electron chi connectivity index (χ1n) is 8.91. The van der Waals surface area contributed by atoms with E-state index in [1.54, 1.807) is 4.68 Å². The first kappa shape index (κ1) is 17.7. The van der Waals surface area contributed by atoms with Gasteiger partial charge in [0.25, 0.3) is 5.91 Å². The number of nitrogens with zero attached hydrogens (tertiary/aromatic N) is 7. The minimum absolute atomic E-state index is 0.0600. The van der Waals surface area contributed by atoms with Gasteiger partial charge < -0.3 is 14.4 Å². The zero-order valence-corrected chi connectivity index (χ0v) is 16.6. The number of carbonyl (C=O) groups is 1. The number of aryl methyl sites for hydroxylation is 1. The number of hydrogen-bond donors (Lipinski definition) is 0. The summed E-state index contributed by atoms with van der Waals surface area (Å²) in [5.41, 5.74) is 1.63. The van der Waals surface area contributed by atoms with Crippen molar-refractivity contribution in [2.75, 3.05) is 31.1 Å². The molecule has 0 bridgehead atoms. The minimum Gasteiger partial charge on any atom is -0.343 e. The number of aromatic nitrogens is 5. The molecule has 0 atom stereocenters. The topological polar surface area (TPSA) is 72.1 Å². The van der Waals surface area contributed by atoms with E-state index < -0.39 is 0 Å². The Bertz CT molecular complexity index is 928. The first-order chi connectivity index (χ1) is 13.2. The number of carbonyl (C=O) groups excluding carboxylic acids is 1. The van der Waals surface area contributed by atoms with Crippen molar-refractivity contribution in [2.24, 2.45) is 0 Å². The zero-order valence-electron chi connectivity index (χ0n) is 15.0. The molecule has 0 N–H and O–H groups in total. The van der Waals surface area contributed by atoms with Crippen LogP contribution in [0.2, 0.25) is 0 Å². The molecule has 3 heterocycles. The highest BCUT2D eigenvalue weighted by atomic mass is 79.9. The van der Waals surface area contributed by atoms with Gasteiger partial charge in [-0.25, -0.2) is 0 Å². The Balaban J connectivity index is 1.47. The number of hydrogen-bond acceptors (Lipinski definition) is 5. The van der Waals surface area contributed by atoms with Gasteiger partial charge in [-0.3, -0.25) is 4.79 Å². The number of anilines is 1. The van der Waals surface area contributed by atoms with Gasteiger partial charge in [0.15, 0.2) is 0 Å². The number of piperazine rings is 1. The fraction of sp³-hybridized carbons (Fsp3) is 0.333. The third-order valence-electron chi connectivity index (χ3n) is 4.73. The van der Waals surface area contributed by atoms with Crippen LogP contribution >= 0.6 is 15.9 Å². The van der Waals surface area contributed by atoms with Gasteiger partial charge in [0.2, 0.25) is 5.95 Å². The molecule has 0 aliphatic carbocycles. The Kier molecular flexibility index (Phi) is 4.93. The lowest BCUT2D eigenvalue weighted by molar-refractivity contribution is 0.0735. The molecule has 1 aliphatic heterocycles. The van der Waals surface area contributed by atoms with Gasteiger partial charge >= 0.3 is 0 Å². The highest BCUT2D eigenvalue weighted by Gasteiger charge is 2.27. The van der Waals surface area contributed by atoms with Crippen molar-refractivity contribution < 1.29 is 4.79 Å². The average molecular weight is 430 g/mol. The summed E-state index contributed by atoms with van der Waals surface area (Å²) < 4.78 is 4.62. The van der Waals surface area contributed by atoms with Crippen molar-refractivity contribution >= 4 is 27.8 Å². The average Bonchev–Trinajstić information content (AvgIpc) is 3.35. The van der Waals surface area contributed by atoms with Crippen LogP contribution in [0.15, 0.2) is 47.1 Å². The molecule has 3 aromatic rings. The van der Waals surface area contributed by atoms with Gasteiger partial charge in [0.05, 0.1) is 5.69 Å². The van der Waals surface area contributed by atoms with E-state index in [9.17, 15) is 4.79 Å². The number of halogens is 1. The summed E-state index contributed by atoms with van der Waals surface area (Å²) in [7, 11) is 0. The molecule has 1 fully saturated rings. The van der Waals surface area contributed by atoms with E-state index in [-0.39, 0.29) is 5.91 Å². The number of benzene rings is 1. The molecule has 27 heavy (non-hydrogen) atoms. The molecule has 140 valence electrons. The summed E-state index contributed by atoms with van der Waals surface area (Å²) in [5, 5.41) is 12.1. The third kappa shape index (κ3) is 3.46. The predicted octanol–water partition coefficient (Wildman–Crippen LogP) is 2.21. The van der Waals surface area contributed by atoms with E-state index in [1.165, 1.54) is 0 Å². The maximum Gasteiger partial charge on any atom is 0.270 e. The van der Waals surface area contributed by atoms with E-state index in [0.29, 0.717) is 37.8 Å². The quantitative estimate of drug-likeness (QED) is 0.635. The number of rotatable bonds is 4. The Morgan fingerprint density at radius 1 is 1.15 bits per heavy atom. The van der Waals surface area contributed by atoms with Crippen LogP contribution in [-0.4, -0.2) is 61.8 Å². The lowest BCUT2D eigenvalue weighted by Crippen LogP contribution is -2.49. The van der Waals surface area contributed by atoms with Gasteiger partial charge in [-0.1, -0.05) is 23.3 Å². The van der Waals surface area contributed by atoms with Gasteiger partial charge in [0, 0.05) is 43.4 Å². The number of amides is 1. The van der Waals surface area contributed by atoms with Crippen LogP contribution in [0.25, 0.3) is 5.69 Å². The maximum atomic E-state index is 12.9. The largest absolute Gasteiger partial charge is 0.343 e. The fourth-order valence-electron chi connectivity index (χ4n) is 3.30. The number of tetrazole rings is 1. The predicted molar refractivity (Wildman–Crippen MR) is 105 cm³/mol. The van der Waals surface area contributed by atoms with Gasteiger partial charge in [0.1, 0.15) is 5.69 Å². The molecule has 9 heteroatoms. The van der Waals surface area contributed by atoms with Gasteiger partial charge in [-0.2, -0.15) is 4.68 Å². The molecule has 0 unspecified atom stereocenters. The van der Waals surface area contributed by atoms with E-state index in [0.717, 1.165) is 16.7 Å². The monoisotopic (exact) mass is 429 g/mol. The van der Waals surface area contributed by atoms with Gasteiger partial charge in [-0.15, -0.1) is 0 Å². The standard InChI is InChI=1S/C18H20BrN7O/c1-2-23-13-14(19)12-16(23)17(27)24-8-10-25(11-9-24)18-20-21-22-26(18)15-6-4-3-5-7-15/h3-7,12-13H,2,8-11H2,1H3. The second-order valence-electron chi connectivity index (χ2n) is 6.34. The van der Waals surface area contributed by atoms with Crippen LogP contribution in [0.5, 0.6) is 0 Å². The van der Waals surface area contributed by atoms with Crippen molar-refractivity contribution in [1.82, 2.24) is 29.7 Å². The van der Waals surface area contributed by atoms with E-state index >= 15 is 0 Å². The highest BCUT2D eigenvalue weighted by Crippen LogP contribution is 2.20. The second kappa shape index (κ2) is 7.51. The summed E-state index contributed by atoms with van der Waals surface area (Å²) in [6, 6.07) is 11.7. The summed E-state index contributed by atoms with van der Waals surface area (Å²) >= 11 is 3.46. The Hall–Kier alpha value is -2.68. The molecular formula is C18H20BrN7O. The lowest BCUT2D eigenvalue weighted by atomic mass is 10.2. The molecule has 0 radical (unpaired) electrons. The molecule has 1 saturated heterocycles. The summed E-state index contributed by atoms with van der Waals surface area (Å²) in [5.74, 6) is 0.762. The summed E-state index contributed by atoms with van der Waals surface area (Å²) in [4.78, 5) is 16.9. The normalized spacial score (nSPS) is 14.6. The Morgan fingerprint density at radius 3 is 2.59 bits per heavy atom.